The van der Waals surface area contributed by atoms with E-state index in [1.54, 1.807) is 53.2 Å². The molecule has 0 aliphatic heterocycles. The quantitative estimate of drug-likeness (QED) is 0.307. The number of aryl methyl sites for hydroxylation is 1. The Morgan fingerprint density at radius 1 is 1.13 bits per heavy atom. The van der Waals surface area contributed by atoms with E-state index in [9.17, 15) is 9.59 Å². The summed E-state index contributed by atoms with van der Waals surface area (Å²) in [7, 11) is 0. The third-order valence-corrected chi connectivity index (χ3v) is 5.87. The van der Waals surface area contributed by atoms with Crippen molar-refractivity contribution in [3.05, 3.63) is 81.4 Å². The number of Topliss-reactive ketones (excluding diaryl/α,β-unsaturated/α-hetero) is 1. The molecule has 2 aromatic carbocycles. The van der Waals surface area contributed by atoms with E-state index < -0.39 is 0 Å². The molecule has 158 valence electrons. The first kappa shape index (κ1) is 21.1. The van der Waals surface area contributed by atoms with E-state index in [0.717, 1.165) is 11.3 Å². The Morgan fingerprint density at radius 2 is 1.90 bits per heavy atom. The minimum absolute atomic E-state index is 0.0484. The van der Waals surface area contributed by atoms with Gasteiger partial charge in [-0.3, -0.25) is 18.6 Å². The van der Waals surface area contributed by atoms with Crippen LogP contribution in [0.1, 0.15) is 22.8 Å². The lowest BCUT2D eigenvalue weighted by Gasteiger charge is -2.10. The molecule has 31 heavy (non-hydrogen) atoms. The van der Waals surface area contributed by atoms with Gasteiger partial charge in [-0.15, -0.1) is 10.2 Å². The lowest BCUT2D eigenvalue weighted by atomic mass is 10.1. The second-order valence-electron chi connectivity index (χ2n) is 6.75. The maximum Gasteiger partial charge on any atom is 0.300 e. The van der Waals surface area contributed by atoms with Crippen LogP contribution in [0.2, 0.25) is 5.02 Å². The lowest BCUT2D eigenvalue weighted by Crippen LogP contribution is -2.21. The normalized spacial score (nSPS) is 11.1. The zero-order valence-corrected chi connectivity index (χ0v) is 18.5. The van der Waals surface area contributed by atoms with Crippen molar-refractivity contribution in [1.82, 2.24) is 19.2 Å². The molecule has 2 heterocycles. The van der Waals surface area contributed by atoms with Crippen LogP contribution in [0.15, 0.2) is 64.8 Å². The van der Waals surface area contributed by atoms with Gasteiger partial charge < -0.3 is 4.74 Å². The summed E-state index contributed by atoms with van der Waals surface area (Å²) in [6, 6.07) is 12.4. The molecule has 2 aromatic heterocycles. The van der Waals surface area contributed by atoms with E-state index in [2.05, 4.69) is 10.2 Å². The highest BCUT2D eigenvalue weighted by Crippen LogP contribution is 2.21. The van der Waals surface area contributed by atoms with Gasteiger partial charge in [-0.25, -0.2) is 0 Å². The lowest BCUT2D eigenvalue weighted by molar-refractivity contribution is 0.102. The number of ether oxygens (including phenoxy) is 1. The number of hydrogen-bond acceptors (Lipinski definition) is 6. The predicted molar refractivity (Wildman–Crippen MR) is 121 cm³/mol. The van der Waals surface area contributed by atoms with E-state index in [1.165, 1.54) is 16.3 Å². The molecule has 4 aromatic rings. The van der Waals surface area contributed by atoms with Gasteiger partial charge in [0.15, 0.2) is 10.9 Å². The Bertz CT molecular complexity index is 1310. The highest BCUT2D eigenvalue weighted by molar-refractivity contribution is 7.99. The molecule has 4 rings (SSSR count). The van der Waals surface area contributed by atoms with E-state index >= 15 is 0 Å². The molecule has 0 aliphatic rings. The van der Waals surface area contributed by atoms with Gasteiger partial charge >= 0.3 is 5.56 Å². The van der Waals surface area contributed by atoms with Crippen molar-refractivity contribution in [1.29, 1.82) is 0 Å². The number of carbonyl (C=O) groups excluding carboxylic acids is 1. The molecule has 0 radical (unpaired) electrons. The van der Waals surface area contributed by atoms with Crippen molar-refractivity contribution < 1.29 is 9.53 Å². The maximum absolute atomic E-state index is 13.0. The van der Waals surface area contributed by atoms with Crippen LogP contribution in [0.3, 0.4) is 0 Å². The summed E-state index contributed by atoms with van der Waals surface area (Å²) in [6.07, 6.45) is 3.36. The second kappa shape index (κ2) is 8.95. The average Bonchev–Trinajstić information content (AvgIpc) is 3.19. The van der Waals surface area contributed by atoms with Crippen LogP contribution in [-0.2, 0) is 0 Å². The largest absolute Gasteiger partial charge is 0.494 e. The summed E-state index contributed by atoms with van der Waals surface area (Å²) in [4.78, 5) is 25.5. The molecule has 0 bridgehead atoms. The number of halogens is 1. The van der Waals surface area contributed by atoms with E-state index in [1.807, 2.05) is 19.9 Å². The Labute approximate surface area is 187 Å². The van der Waals surface area contributed by atoms with Crippen LogP contribution < -0.4 is 10.3 Å². The molecule has 0 atom stereocenters. The SMILES string of the molecule is CCOc1ccc(C(=O)CSc2nnc3c(=O)n(-c4cc(Cl)ccc4C)ccn23)cc1. The molecule has 0 spiro atoms. The molecule has 9 heteroatoms. The van der Waals surface area contributed by atoms with Crippen LogP contribution in [0, 0.1) is 6.92 Å². The van der Waals surface area contributed by atoms with Crippen LogP contribution in [0.25, 0.3) is 11.3 Å². The van der Waals surface area contributed by atoms with E-state index in [-0.39, 0.29) is 22.7 Å². The van der Waals surface area contributed by atoms with Gasteiger partial charge in [0.2, 0.25) is 5.65 Å². The molecule has 0 saturated carbocycles. The standard InChI is InChI=1S/C22H19ClN4O3S/c1-3-30-17-8-5-15(6-9-17)19(28)13-31-22-25-24-20-21(29)26(10-11-27(20)22)18-12-16(23)7-4-14(18)2/h4-12H,3,13H2,1-2H3. The summed E-state index contributed by atoms with van der Waals surface area (Å²) in [5, 5.41) is 9.15. The number of benzene rings is 2. The van der Waals surface area contributed by atoms with Gasteiger partial charge in [-0.2, -0.15) is 0 Å². The number of thioether (sulfide) groups is 1. The molecule has 0 aliphatic carbocycles. The highest BCUT2D eigenvalue weighted by atomic mass is 35.5. The van der Waals surface area contributed by atoms with Crippen LogP contribution in [0.4, 0.5) is 0 Å². The number of hydrogen-bond donors (Lipinski definition) is 0. The summed E-state index contributed by atoms with van der Waals surface area (Å²) in [5.41, 5.74) is 2.04. The number of aromatic nitrogens is 4. The topological polar surface area (TPSA) is 78.5 Å². The number of ketones is 1. The Hall–Kier alpha value is -3.10. The van der Waals surface area contributed by atoms with Gasteiger partial charge in [0.1, 0.15) is 5.75 Å². The van der Waals surface area contributed by atoms with Crippen LogP contribution >= 0.6 is 23.4 Å². The van der Waals surface area contributed by atoms with Crippen molar-refractivity contribution in [2.75, 3.05) is 12.4 Å². The van der Waals surface area contributed by atoms with Crippen molar-refractivity contribution in [2.45, 2.75) is 19.0 Å². The van der Waals surface area contributed by atoms with Gasteiger partial charge in [0.25, 0.3) is 0 Å². The first-order valence-electron chi connectivity index (χ1n) is 9.59. The number of carbonyl (C=O) groups is 1. The Balaban J connectivity index is 1.56. The van der Waals surface area contributed by atoms with E-state index in [0.29, 0.717) is 28.0 Å². The minimum Gasteiger partial charge on any atom is -0.494 e. The average molecular weight is 455 g/mol. The van der Waals surface area contributed by atoms with Crippen molar-refractivity contribution in [3.8, 4) is 11.4 Å². The summed E-state index contributed by atoms with van der Waals surface area (Å²) in [6.45, 7) is 4.38. The molecule has 0 fully saturated rings. The smallest absolute Gasteiger partial charge is 0.300 e. The fourth-order valence-electron chi connectivity index (χ4n) is 3.11. The number of nitrogens with zero attached hydrogens (tertiary/aromatic N) is 4. The summed E-state index contributed by atoms with van der Waals surface area (Å²) < 4.78 is 8.48. The molecular formula is C22H19ClN4O3S. The van der Waals surface area contributed by atoms with Gasteiger partial charge in [-0.1, -0.05) is 29.4 Å². The minimum atomic E-state index is -0.315. The van der Waals surface area contributed by atoms with Gasteiger partial charge in [0, 0.05) is 23.0 Å². The fraction of sp³-hybridized carbons (Fsp3) is 0.182. The zero-order chi connectivity index (χ0) is 22.0. The van der Waals surface area contributed by atoms with Crippen molar-refractivity contribution in [2.24, 2.45) is 0 Å². The monoisotopic (exact) mass is 454 g/mol. The maximum atomic E-state index is 13.0. The second-order valence-corrected chi connectivity index (χ2v) is 8.13. The third kappa shape index (κ3) is 4.35. The van der Waals surface area contributed by atoms with Crippen molar-refractivity contribution >= 4 is 34.8 Å². The Morgan fingerprint density at radius 3 is 2.65 bits per heavy atom. The first-order chi connectivity index (χ1) is 15.0. The molecule has 0 amide bonds. The first-order valence-corrected chi connectivity index (χ1v) is 11.0. The molecule has 0 unspecified atom stereocenters. The van der Waals surface area contributed by atoms with Crippen LogP contribution in [-0.4, -0.2) is 37.3 Å². The van der Waals surface area contributed by atoms with Gasteiger partial charge in [0.05, 0.1) is 18.0 Å². The number of rotatable bonds is 7. The molecule has 7 nitrogen and oxygen atoms in total. The molecule has 0 N–H and O–H groups in total. The predicted octanol–water partition coefficient (Wildman–Crippen LogP) is 4.22. The van der Waals surface area contributed by atoms with Crippen molar-refractivity contribution in [3.63, 3.8) is 0 Å². The summed E-state index contributed by atoms with van der Waals surface area (Å²) in [5.74, 6) is 0.847. The number of fused-ring (bicyclic) bond motifs is 1. The van der Waals surface area contributed by atoms with E-state index in [4.69, 9.17) is 16.3 Å². The highest BCUT2D eigenvalue weighted by Gasteiger charge is 2.15. The third-order valence-electron chi connectivity index (χ3n) is 4.69. The summed E-state index contributed by atoms with van der Waals surface area (Å²) >= 11 is 7.33. The Kier molecular flexibility index (Phi) is 6.11. The van der Waals surface area contributed by atoms with Gasteiger partial charge in [-0.05, 0) is 55.8 Å². The zero-order valence-electron chi connectivity index (χ0n) is 16.9. The fourth-order valence-corrected chi connectivity index (χ4v) is 4.09. The molecule has 0 saturated heterocycles. The molecular weight excluding hydrogens is 436 g/mol. The van der Waals surface area contributed by atoms with Crippen LogP contribution in [0.5, 0.6) is 5.75 Å².